The summed E-state index contributed by atoms with van der Waals surface area (Å²) >= 11 is 3.24. The Kier molecular flexibility index (Phi) is 9.52. The lowest BCUT2D eigenvalue weighted by Gasteiger charge is -2.35. The summed E-state index contributed by atoms with van der Waals surface area (Å²) in [6.45, 7) is 6.35. The van der Waals surface area contributed by atoms with Crippen LogP contribution in [0.3, 0.4) is 0 Å². The third-order valence-corrected chi connectivity index (χ3v) is 9.43. The van der Waals surface area contributed by atoms with Gasteiger partial charge in [-0.2, -0.15) is 13.5 Å². The predicted molar refractivity (Wildman–Crippen MR) is 156 cm³/mol. The fraction of sp³-hybridized carbons (Fsp3) is 0.433. The van der Waals surface area contributed by atoms with E-state index < -0.39 is 33.5 Å². The molecule has 3 atom stereocenters. The highest BCUT2D eigenvalue weighted by molar-refractivity contribution is 9.10. The molecule has 1 amide bonds. The van der Waals surface area contributed by atoms with E-state index in [1.54, 1.807) is 25.1 Å². The van der Waals surface area contributed by atoms with Gasteiger partial charge >= 0.3 is 0 Å². The Bertz CT molecular complexity index is 1450. The van der Waals surface area contributed by atoms with Crippen molar-refractivity contribution in [1.82, 2.24) is 9.62 Å². The molecule has 40 heavy (non-hydrogen) atoms. The minimum atomic E-state index is -4.51. The first-order valence-electron chi connectivity index (χ1n) is 13.6. The third-order valence-electron chi connectivity index (χ3n) is 7.48. The van der Waals surface area contributed by atoms with Crippen LogP contribution in [0, 0.1) is 0 Å². The maximum absolute atomic E-state index is 16.1. The molecule has 4 rings (SSSR count). The number of likely N-dealkylation sites (tertiary alicyclic amines) is 1. The molecule has 1 N–H and O–H groups in total. The molecule has 1 aliphatic rings. The number of carbonyl (C=O) groups is 1. The van der Waals surface area contributed by atoms with Crippen molar-refractivity contribution >= 4 is 42.6 Å². The smallest absolute Gasteiger partial charge is 0.298 e. The van der Waals surface area contributed by atoms with E-state index in [1.165, 1.54) is 41.3 Å². The largest absolute Gasteiger partial charge is 0.494 e. The molecule has 1 heterocycles. The number of nitrogens with zero attached hydrogens (tertiary/aromatic N) is 1. The second kappa shape index (κ2) is 12.5. The highest BCUT2D eigenvalue weighted by atomic mass is 79.9. The number of benzene rings is 3. The van der Waals surface area contributed by atoms with Gasteiger partial charge in [-0.1, -0.05) is 60.5 Å². The lowest BCUT2D eigenvalue weighted by molar-refractivity contribution is -0.147. The Morgan fingerprint density at radius 1 is 1.07 bits per heavy atom. The summed E-state index contributed by atoms with van der Waals surface area (Å²) in [5.41, 5.74) is -0.453. The standard InChI is InChI=1S/C30H35BrF2N2O4S/c1-4-6-17-39-26-15-8-22-19-27(16-9-21(22)18-26)40(37,38)34-28(29(36)35-20(3)7-14-25(35)5-2)30(32,33)23-10-12-24(31)13-11-23/h8-13,15-16,18-20,25,28,34H,4-7,14,17H2,1-3H3. The fourth-order valence-electron chi connectivity index (χ4n) is 5.15. The summed E-state index contributed by atoms with van der Waals surface area (Å²) in [6.07, 6.45) is 3.86. The first-order valence-corrected chi connectivity index (χ1v) is 15.9. The molecule has 1 aliphatic heterocycles. The van der Waals surface area contributed by atoms with Crippen LogP contribution >= 0.6 is 15.9 Å². The van der Waals surface area contributed by atoms with Crippen molar-refractivity contribution in [3.63, 3.8) is 0 Å². The van der Waals surface area contributed by atoms with E-state index in [0.29, 0.717) is 41.5 Å². The number of halogens is 3. The molecule has 0 spiro atoms. The molecule has 1 saturated heterocycles. The van der Waals surface area contributed by atoms with E-state index in [2.05, 4.69) is 27.6 Å². The Morgan fingerprint density at radius 2 is 1.75 bits per heavy atom. The van der Waals surface area contributed by atoms with E-state index in [1.807, 2.05) is 13.0 Å². The molecule has 0 aromatic heterocycles. The molecule has 0 saturated carbocycles. The second-order valence-electron chi connectivity index (χ2n) is 10.3. The molecule has 3 aromatic rings. The Balaban J connectivity index is 1.69. The van der Waals surface area contributed by atoms with Crippen LogP contribution in [0.5, 0.6) is 5.75 Å². The molecule has 0 radical (unpaired) electrons. The third kappa shape index (κ3) is 6.50. The van der Waals surface area contributed by atoms with Crippen LogP contribution in [0.1, 0.15) is 58.4 Å². The number of hydrogen-bond acceptors (Lipinski definition) is 4. The molecule has 3 aromatic carbocycles. The number of hydrogen-bond donors (Lipinski definition) is 1. The van der Waals surface area contributed by atoms with Gasteiger partial charge in [0.2, 0.25) is 15.9 Å². The highest BCUT2D eigenvalue weighted by Gasteiger charge is 2.51. The van der Waals surface area contributed by atoms with Gasteiger partial charge in [0.1, 0.15) is 5.75 Å². The van der Waals surface area contributed by atoms with Crippen LogP contribution in [-0.2, 0) is 20.7 Å². The molecule has 1 fully saturated rings. The number of carbonyl (C=O) groups excluding carboxylic acids is 1. The fourth-order valence-corrected chi connectivity index (χ4v) is 6.64. The van der Waals surface area contributed by atoms with Crippen LogP contribution in [0.15, 0.2) is 70.0 Å². The van der Waals surface area contributed by atoms with Crippen molar-refractivity contribution < 1.29 is 26.7 Å². The monoisotopic (exact) mass is 636 g/mol. The van der Waals surface area contributed by atoms with Crippen LogP contribution in [0.4, 0.5) is 8.78 Å². The van der Waals surface area contributed by atoms with E-state index in [9.17, 15) is 13.2 Å². The van der Waals surface area contributed by atoms with Crippen molar-refractivity contribution in [3.8, 4) is 5.75 Å². The maximum Gasteiger partial charge on any atom is 0.298 e. The zero-order valence-corrected chi connectivity index (χ0v) is 25.3. The lowest BCUT2D eigenvalue weighted by atomic mass is 10.00. The summed E-state index contributed by atoms with van der Waals surface area (Å²) in [4.78, 5) is 15.0. The quantitative estimate of drug-likeness (QED) is 0.230. The van der Waals surface area contributed by atoms with Gasteiger partial charge in [-0.05, 0) is 79.8 Å². The van der Waals surface area contributed by atoms with Gasteiger partial charge in [0.25, 0.3) is 5.92 Å². The summed E-state index contributed by atoms with van der Waals surface area (Å²) in [5, 5.41) is 1.35. The SMILES string of the molecule is CCCCOc1ccc2cc(S(=O)(=O)NC(C(=O)N3C(C)CCC3CC)C(F)(F)c3ccc(Br)cc3)ccc2c1. The van der Waals surface area contributed by atoms with E-state index >= 15 is 8.78 Å². The molecule has 0 bridgehead atoms. The van der Waals surface area contributed by atoms with E-state index in [0.717, 1.165) is 18.2 Å². The number of sulfonamides is 1. The molecule has 0 aliphatic carbocycles. The number of ether oxygens (including phenoxy) is 1. The number of rotatable bonds is 11. The van der Waals surface area contributed by atoms with Gasteiger partial charge in [-0.25, -0.2) is 8.42 Å². The first-order chi connectivity index (χ1) is 19.0. The van der Waals surface area contributed by atoms with Crippen molar-refractivity contribution in [2.75, 3.05) is 6.61 Å². The van der Waals surface area contributed by atoms with Crippen molar-refractivity contribution in [2.24, 2.45) is 0 Å². The Morgan fingerprint density at radius 3 is 2.42 bits per heavy atom. The molecule has 10 heteroatoms. The Hall–Kier alpha value is -2.56. The van der Waals surface area contributed by atoms with Crippen molar-refractivity contribution in [1.29, 1.82) is 0 Å². The lowest BCUT2D eigenvalue weighted by Crippen LogP contribution is -2.58. The number of fused-ring (bicyclic) bond motifs is 1. The van der Waals surface area contributed by atoms with Gasteiger partial charge in [-0.15, -0.1) is 0 Å². The molecule has 6 nitrogen and oxygen atoms in total. The van der Waals surface area contributed by atoms with Gasteiger partial charge in [0.15, 0.2) is 6.04 Å². The topological polar surface area (TPSA) is 75.7 Å². The predicted octanol–water partition coefficient (Wildman–Crippen LogP) is 7.01. The van der Waals surface area contributed by atoms with Crippen LogP contribution in [0.25, 0.3) is 10.8 Å². The molecular formula is C30H35BrF2N2O4S. The molecular weight excluding hydrogens is 602 g/mol. The Labute approximate surface area is 243 Å². The average Bonchev–Trinajstić information content (AvgIpc) is 3.31. The summed E-state index contributed by atoms with van der Waals surface area (Å²) < 4.78 is 67.7. The van der Waals surface area contributed by atoms with Crippen LogP contribution in [-0.4, -0.2) is 44.0 Å². The first kappa shape index (κ1) is 30.4. The molecule has 216 valence electrons. The van der Waals surface area contributed by atoms with Crippen LogP contribution < -0.4 is 9.46 Å². The van der Waals surface area contributed by atoms with E-state index in [-0.39, 0.29) is 17.0 Å². The summed E-state index contributed by atoms with van der Waals surface area (Å²) in [5.74, 6) is -4.07. The van der Waals surface area contributed by atoms with Gasteiger partial charge in [0.05, 0.1) is 11.5 Å². The number of alkyl halides is 2. The summed E-state index contributed by atoms with van der Waals surface area (Å²) in [7, 11) is -4.51. The zero-order valence-electron chi connectivity index (χ0n) is 22.9. The molecule has 3 unspecified atom stereocenters. The maximum atomic E-state index is 16.1. The number of amides is 1. The average molecular weight is 638 g/mol. The zero-order chi connectivity index (χ0) is 29.1. The minimum absolute atomic E-state index is 0.203. The van der Waals surface area contributed by atoms with Gasteiger partial charge < -0.3 is 9.64 Å². The minimum Gasteiger partial charge on any atom is -0.494 e. The highest BCUT2D eigenvalue weighted by Crippen LogP contribution is 2.37. The summed E-state index contributed by atoms with van der Waals surface area (Å²) in [6, 6.07) is 12.1. The van der Waals surface area contributed by atoms with Crippen molar-refractivity contribution in [2.45, 2.75) is 81.8 Å². The van der Waals surface area contributed by atoms with E-state index in [4.69, 9.17) is 4.74 Å². The normalized spacial score (nSPS) is 18.7. The van der Waals surface area contributed by atoms with Gasteiger partial charge in [-0.3, -0.25) is 4.79 Å². The van der Waals surface area contributed by atoms with Crippen LogP contribution in [0.2, 0.25) is 0 Å². The van der Waals surface area contributed by atoms with Crippen molar-refractivity contribution in [3.05, 3.63) is 70.7 Å². The number of unbranched alkanes of at least 4 members (excludes halogenated alkanes) is 1. The second-order valence-corrected chi connectivity index (χ2v) is 12.9. The van der Waals surface area contributed by atoms with Gasteiger partial charge in [0, 0.05) is 22.1 Å². The number of nitrogens with one attached hydrogen (secondary N) is 1.